The second-order valence-electron chi connectivity index (χ2n) is 4.65. The summed E-state index contributed by atoms with van der Waals surface area (Å²) in [7, 11) is -3.28. The number of carboxylic acid groups (broad SMARTS) is 1. The topological polar surface area (TPSA) is 121 Å². The molecule has 1 N–H and O–H groups in total. The largest absolute Gasteiger partial charge is 0.476 e. The number of aromatic nitrogens is 2. The second kappa shape index (κ2) is 6.36. The summed E-state index contributed by atoms with van der Waals surface area (Å²) in [6, 6.07) is 0. The third-order valence-electron chi connectivity index (χ3n) is 3.39. The zero-order valence-corrected chi connectivity index (χ0v) is 12.8. The van der Waals surface area contributed by atoms with E-state index in [1.54, 1.807) is 6.92 Å². The van der Waals surface area contributed by atoms with Gasteiger partial charge in [-0.2, -0.15) is 4.31 Å². The molecule has 0 bridgehead atoms. The molecule has 0 spiro atoms. The molecular weight excluding hydrogens is 312 g/mol. The zero-order chi connectivity index (χ0) is 16.3. The highest BCUT2D eigenvalue weighted by atomic mass is 32.2. The maximum atomic E-state index is 12.3. The molecule has 9 nitrogen and oxygen atoms in total. The van der Waals surface area contributed by atoms with Crippen molar-refractivity contribution in [2.24, 2.45) is 0 Å². The Morgan fingerprint density at radius 3 is 2.18 bits per heavy atom. The molecule has 0 radical (unpaired) electrons. The molecule has 0 unspecified atom stereocenters. The van der Waals surface area contributed by atoms with Crippen LogP contribution in [0.5, 0.6) is 0 Å². The summed E-state index contributed by atoms with van der Waals surface area (Å²) in [4.78, 5) is 32.2. The highest BCUT2D eigenvalue weighted by molar-refractivity contribution is 7.89. The van der Waals surface area contributed by atoms with Crippen molar-refractivity contribution in [2.75, 3.05) is 31.9 Å². The van der Waals surface area contributed by atoms with Crippen LogP contribution in [0.15, 0.2) is 12.4 Å². The fraction of sp³-hybridized carbons (Fsp3) is 0.500. The number of aromatic carboxylic acids is 1. The van der Waals surface area contributed by atoms with Gasteiger partial charge in [-0.1, -0.05) is 0 Å². The van der Waals surface area contributed by atoms with E-state index in [9.17, 15) is 18.0 Å². The third kappa shape index (κ3) is 3.22. The Morgan fingerprint density at radius 2 is 1.68 bits per heavy atom. The summed E-state index contributed by atoms with van der Waals surface area (Å²) in [6.45, 7) is 2.31. The van der Waals surface area contributed by atoms with E-state index in [2.05, 4.69) is 9.97 Å². The van der Waals surface area contributed by atoms with Crippen LogP contribution in [0, 0.1) is 0 Å². The predicted molar refractivity (Wildman–Crippen MR) is 75.9 cm³/mol. The average molecular weight is 328 g/mol. The number of sulfonamides is 1. The predicted octanol–water partition coefficient (Wildman–Crippen LogP) is -0.718. The molecule has 1 amide bonds. The highest BCUT2D eigenvalue weighted by Crippen LogP contribution is 2.12. The van der Waals surface area contributed by atoms with E-state index in [1.165, 1.54) is 21.6 Å². The summed E-state index contributed by atoms with van der Waals surface area (Å²) in [5.41, 5.74) is -0.641. The van der Waals surface area contributed by atoms with Crippen molar-refractivity contribution in [1.29, 1.82) is 0 Å². The fourth-order valence-corrected chi connectivity index (χ4v) is 3.24. The van der Waals surface area contributed by atoms with Gasteiger partial charge in [-0.15, -0.1) is 0 Å². The monoisotopic (exact) mass is 328 g/mol. The summed E-state index contributed by atoms with van der Waals surface area (Å²) in [5, 5.41) is 9.03. The maximum Gasteiger partial charge on any atom is 0.356 e. The number of piperazine rings is 1. The minimum absolute atomic E-state index is 0.00820. The van der Waals surface area contributed by atoms with Crippen molar-refractivity contribution in [3.8, 4) is 0 Å². The van der Waals surface area contributed by atoms with E-state index in [4.69, 9.17) is 5.11 Å². The lowest BCUT2D eigenvalue weighted by molar-refractivity contribution is 0.0646. The summed E-state index contributed by atoms with van der Waals surface area (Å²) in [5.74, 6) is -1.88. The Hall–Kier alpha value is -2.07. The molecule has 2 heterocycles. The first-order valence-corrected chi connectivity index (χ1v) is 8.29. The number of carbonyl (C=O) groups excluding carboxylic acids is 1. The molecule has 1 aliphatic rings. The van der Waals surface area contributed by atoms with Crippen LogP contribution in [-0.4, -0.2) is 76.5 Å². The van der Waals surface area contributed by atoms with Crippen LogP contribution in [0.3, 0.4) is 0 Å². The molecule has 22 heavy (non-hydrogen) atoms. The van der Waals surface area contributed by atoms with Crippen LogP contribution in [-0.2, 0) is 10.0 Å². The van der Waals surface area contributed by atoms with Gasteiger partial charge in [0.2, 0.25) is 10.0 Å². The normalized spacial score (nSPS) is 16.5. The van der Waals surface area contributed by atoms with Crippen LogP contribution < -0.4 is 0 Å². The van der Waals surface area contributed by atoms with Crippen molar-refractivity contribution in [1.82, 2.24) is 19.2 Å². The number of amides is 1. The summed E-state index contributed by atoms with van der Waals surface area (Å²) >= 11 is 0. The van der Waals surface area contributed by atoms with Gasteiger partial charge in [-0.05, 0) is 6.92 Å². The molecule has 0 aliphatic carbocycles. The van der Waals surface area contributed by atoms with Gasteiger partial charge in [-0.25, -0.2) is 23.2 Å². The Labute approximate surface area is 127 Å². The number of nitrogens with zero attached hydrogens (tertiary/aromatic N) is 4. The van der Waals surface area contributed by atoms with Crippen molar-refractivity contribution in [3.63, 3.8) is 0 Å². The number of carboxylic acids is 1. The Morgan fingerprint density at radius 1 is 1.14 bits per heavy atom. The van der Waals surface area contributed by atoms with Gasteiger partial charge in [-0.3, -0.25) is 4.79 Å². The van der Waals surface area contributed by atoms with E-state index < -0.39 is 27.6 Å². The lowest BCUT2D eigenvalue weighted by atomic mass is 10.2. The molecule has 1 aromatic heterocycles. The average Bonchev–Trinajstić information content (AvgIpc) is 2.54. The molecule has 1 saturated heterocycles. The minimum Gasteiger partial charge on any atom is -0.476 e. The van der Waals surface area contributed by atoms with E-state index in [0.29, 0.717) is 0 Å². The first-order valence-electron chi connectivity index (χ1n) is 6.68. The standard InChI is InChI=1S/C12H16N4O5S/c1-2-22(20,21)16-7-5-15(6-8-16)11(17)9-10(12(18)19)14-4-3-13-9/h3-4H,2,5-8H2,1H3,(H,18,19). The van der Waals surface area contributed by atoms with E-state index in [0.717, 1.165) is 0 Å². The van der Waals surface area contributed by atoms with E-state index >= 15 is 0 Å². The first kappa shape index (κ1) is 16.3. The summed E-state index contributed by atoms with van der Waals surface area (Å²) < 4.78 is 24.9. The Kier molecular flexibility index (Phi) is 4.71. The van der Waals surface area contributed by atoms with Crippen molar-refractivity contribution in [3.05, 3.63) is 23.8 Å². The number of rotatable bonds is 4. The molecule has 120 valence electrons. The van der Waals surface area contributed by atoms with Gasteiger partial charge in [0, 0.05) is 38.6 Å². The van der Waals surface area contributed by atoms with Gasteiger partial charge in [0.1, 0.15) is 0 Å². The smallest absolute Gasteiger partial charge is 0.356 e. The molecule has 0 aromatic carbocycles. The lowest BCUT2D eigenvalue weighted by Crippen LogP contribution is -2.51. The molecule has 0 atom stereocenters. The zero-order valence-electron chi connectivity index (χ0n) is 12.0. The number of carbonyl (C=O) groups is 2. The van der Waals surface area contributed by atoms with E-state index in [1.807, 2.05) is 0 Å². The van der Waals surface area contributed by atoms with Crippen LogP contribution >= 0.6 is 0 Å². The Bertz CT molecular complexity index is 683. The fourth-order valence-electron chi connectivity index (χ4n) is 2.15. The van der Waals surface area contributed by atoms with Gasteiger partial charge in [0.15, 0.2) is 11.4 Å². The molecule has 2 rings (SSSR count). The van der Waals surface area contributed by atoms with Gasteiger partial charge in [0.25, 0.3) is 5.91 Å². The van der Waals surface area contributed by atoms with Crippen molar-refractivity contribution in [2.45, 2.75) is 6.92 Å². The summed E-state index contributed by atoms with van der Waals surface area (Å²) in [6.07, 6.45) is 2.45. The van der Waals surface area contributed by atoms with Crippen molar-refractivity contribution < 1.29 is 23.1 Å². The number of hydrogen-bond acceptors (Lipinski definition) is 6. The second-order valence-corrected chi connectivity index (χ2v) is 6.91. The molecule has 10 heteroatoms. The van der Waals surface area contributed by atoms with Crippen LogP contribution in [0.1, 0.15) is 27.9 Å². The van der Waals surface area contributed by atoms with Gasteiger partial charge in [0.05, 0.1) is 5.75 Å². The molecule has 0 saturated carbocycles. The van der Waals surface area contributed by atoms with Crippen LogP contribution in [0.2, 0.25) is 0 Å². The molecule has 1 fully saturated rings. The van der Waals surface area contributed by atoms with E-state index in [-0.39, 0.29) is 37.6 Å². The Balaban J connectivity index is 2.12. The maximum absolute atomic E-state index is 12.3. The highest BCUT2D eigenvalue weighted by Gasteiger charge is 2.30. The third-order valence-corrected chi connectivity index (χ3v) is 5.27. The number of hydrogen-bond donors (Lipinski definition) is 1. The van der Waals surface area contributed by atoms with Crippen molar-refractivity contribution >= 4 is 21.9 Å². The quantitative estimate of drug-likeness (QED) is 0.774. The van der Waals surface area contributed by atoms with Gasteiger partial charge >= 0.3 is 5.97 Å². The molecule has 1 aliphatic heterocycles. The van der Waals surface area contributed by atoms with Crippen LogP contribution in [0.4, 0.5) is 0 Å². The van der Waals surface area contributed by atoms with Gasteiger partial charge < -0.3 is 10.0 Å². The molecular formula is C12H16N4O5S. The molecule has 1 aromatic rings. The minimum atomic E-state index is -3.28. The lowest BCUT2D eigenvalue weighted by Gasteiger charge is -2.33. The SMILES string of the molecule is CCS(=O)(=O)N1CCN(C(=O)c2nccnc2C(=O)O)CC1. The van der Waals surface area contributed by atoms with Crippen LogP contribution in [0.25, 0.3) is 0 Å². The first-order chi connectivity index (χ1) is 10.4.